The summed E-state index contributed by atoms with van der Waals surface area (Å²) in [6.45, 7) is 2.07. The van der Waals surface area contributed by atoms with Gasteiger partial charge >= 0.3 is 6.18 Å². The van der Waals surface area contributed by atoms with E-state index in [1.807, 2.05) is 0 Å². The number of benzene rings is 1. The van der Waals surface area contributed by atoms with Crippen molar-refractivity contribution < 1.29 is 17.6 Å². The largest absolute Gasteiger partial charge is 0.441 e. The second-order valence-electron chi connectivity index (χ2n) is 5.52. The molecule has 0 spiro atoms. The molecule has 0 aliphatic carbocycles. The number of hydrogen-bond donors (Lipinski definition) is 1. The number of alkyl halides is 3. The van der Waals surface area contributed by atoms with Gasteiger partial charge in [-0.3, -0.25) is 0 Å². The molecule has 6 heteroatoms. The number of piperidine rings is 1. The second-order valence-corrected chi connectivity index (χ2v) is 5.52. The third kappa shape index (κ3) is 3.37. The molecule has 0 saturated carbocycles. The summed E-state index contributed by atoms with van der Waals surface area (Å²) in [6, 6.07) is 3.43. The van der Waals surface area contributed by atoms with Gasteiger partial charge in [0.25, 0.3) is 0 Å². The van der Waals surface area contributed by atoms with Crippen LogP contribution >= 0.6 is 0 Å². The lowest BCUT2D eigenvalue weighted by Gasteiger charge is -2.21. The van der Waals surface area contributed by atoms with Crippen LogP contribution in [0.15, 0.2) is 22.6 Å². The first-order valence-corrected chi connectivity index (χ1v) is 7.20. The van der Waals surface area contributed by atoms with Crippen molar-refractivity contribution in [2.45, 2.75) is 31.9 Å². The van der Waals surface area contributed by atoms with Crippen LogP contribution < -0.4 is 5.32 Å². The number of aromatic nitrogens is 1. The van der Waals surface area contributed by atoms with E-state index in [9.17, 15) is 13.2 Å². The quantitative estimate of drug-likeness (QED) is 0.937. The number of aryl methyl sites for hydroxylation is 1. The van der Waals surface area contributed by atoms with Crippen molar-refractivity contribution in [1.29, 1.82) is 0 Å². The van der Waals surface area contributed by atoms with Crippen LogP contribution in [0.25, 0.3) is 11.1 Å². The Morgan fingerprint density at radius 3 is 2.71 bits per heavy atom. The second kappa shape index (κ2) is 5.67. The lowest BCUT2D eigenvalue weighted by atomic mass is 9.93. The molecule has 3 rings (SSSR count). The number of rotatable bonds is 3. The lowest BCUT2D eigenvalue weighted by molar-refractivity contribution is -0.137. The average Bonchev–Trinajstić information content (AvgIpc) is 2.87. The van der Waals surface area contributed by atoms with Crippen LogP contribution in [0.4, 0.5) is 13.2 Å². The maximum Gasteiger partial charge on any atom is 0.416 e. The third-order valence-corrected chi connectivity index (χ3v) is 3.98. The van der Waals surface area contributed by atoms with Crippen molar-refractivity contribution in [2.75, 3.05) is 13.1 Å². The van der Waals surface area contributed by atoms with Gasteiger partial charge in [0, 0.05) is 6.42 Å². The van der Waals surface area contributed by atoms with Crippen LogP contribution in [0.2, 0.25) is 0 Å². The molecule has 0 amide bonds. The van der Waals surface area contributed by atoms with Gasteiger partial charge in [-0.2, -0.15) is 13.2 Å². The van der Waals surface area contributed by atoms with Gasteiger partial charge in [-0.25, -0.2) is 4.98 Å². The highest BCUT2D eigenvalue weighted by Gasteiger charge is 2.31. The highest BCUT2D eigenvalue weighted by Crippen LogP contribution is 2.31. The number of fused-ring (bicyclic) bond motifs is 1. The van der Waals surface area contributed by atoms with Gasteiger partial charge in [-0.05, 0) is 56.5 Å². The molecule has 1 fully saturated rings. The zero-order valence-corrected chi connectivity index (χ0v) is 11.5. The van der Waals surface area contributed by atoms with E-state index >= 15 is 0 Å². The zero-order chi connectivity index (χ0) is 14.9. The van der Waals surface area contributed by atoms with E-state index in [1.165, 1.54) is 6.07 Å². The fourth-order valence-corrected chi connectivity index (χ4v) is 2.76. The average molecular weight is 298 g/mol. The van der Waals surface area contributed by atoms with Gasteiger partial charge in [0.2, 0.25) is 0 Å². The van der Waals surface area contributed by atoms with E-state index in [4.69, 9.17) is 4.42 Å². The van der Waals surface area contributed by atoms with E-state index in [2.05, 4.69) is 10.3 Å². The predicted octanol–water partition coefficient (Wildman–Crippen LogP) is 3.78. The monoisotopic (exact) mass is 298 g/mol. The van der Waals surface area contributed by atoms with E-state index in [0.29, 0.717) is 23.8 Å². The Morgan fingerprint density at radius 2 is 2.00 bits per heavy atom. The van der Waals surface area contributed by atoms with Crippen LogP contribution in [0.1, 0.15) is 30.7 Å². The Labute approximate surface area is 120 Å². The molecule has 114 valence electrons. The molecule has 1 saturated heterocycles. The Morgan fingerprint density at radius 1 is 1.24 bits per heavy atom. The summed E-state index contributed by atoms with van der Waals surface area (Å²) in [5, 5.41) is 3.31. The first-order chi connectivity index (χ1) is 10.0. The van der Waals surface area contributed by atoms with E-state index < -0.39 is 11.7 Å². The summed E-state index contributed by atoms with van der Waals surface area (Å²) in [6.07, 6.45) is -0.416. The standard InChI is InChI=1S/C15H17F3N2O/c16-15(17,18)11-2-3-13-12(9-11)20-14(21-13)4-1-10-5-7-19-8-6-10/h2-3,9-10,19H,1,4-8H2. The highest BCUT2D eigenvalue weighted by molar-refractivity contribution is 5.73. The summed E-state index contributed by atoms with van der Waals surface area (Å²) in [7, 11) is 0. The molecule has 1 aliphatic rings. The maximum absolute atomic E-state index is 12.6. The molecule has 3 nitrogen and oxygen atoms in total. The molecule has 1 N–H and O–H groups in total. The Kier molecular flexibility index (Phi) is 3.89. The van der Waals surface area contributed by atoms with Crippen molar-refractivity contribution >= 4 is 11.1 Å². The van der Waals surface area contributed by atoms with Crippen LogP contribution in [0, 0.1) is 5.92 Å². The molecular formula is C15H17F3N2O. The predicted molar refractivity (Wildman–Crippen MR) is 72.9 cm³/mol. The Balaban J connectivity index is 1.71. The minimum absolute atomic E-state index is 0.283. The lowest BCUT2D eigenvalue weighted by Crippen LogP contribution is -2.27. The molecular weight excluding hydrogens is 281 g/mol. The van der Waals surface area contributed by atoms with Crippen molar-refractivity contribution in [3.63, 3.8) is 0 Å². The van der Waals surface area contributed by atoms with Crippen LogP contribution in [0.3, 0.4) is 0 Å². The summed E-state index contributed by atoms with van der Waals surface area (Å²) >= 11 is 0. The number of nitrogens with one attached hydrogen (secondary N) is 1. The van der Waals surface area contributed by atoms with Gasteiger partial charge in [0.15, 0.2) is 11.5 Å². The number of hydrogen-bond acceptors (Lipinski definition) is 3. The third-order valence-electron chi connectivity index (χ3n) is 3.98. The maximum atomic E-state index is 12.6. The van der Waals surface area contributed by atoms with Crippen molar-refractivity contribution in [1.82, 2.24) is 10.3 Å². The number of nitrogens with zero attached hydrogens (tertiary/aromatic N) is 1. The summed E-state index contributed by atoms with van der Waals surface area (Å²) in [4.78, 5) is 4.19. The Hall–Kier alpha value is -1.56. The van der Waals surface area contributed by atoms with Crippen LogP contribution in [-0.2, 0) is 12.6 Å². The van der Waals surface area contributed by atoms with Crippen molar-refractivity contribution in [2.24, 2.45) is 5.92 Å². The highest BCUT2D eigenvalue weighted by atomic mass is 19.4. The first kappa shape index (κ1) is 14.4. The summed E-state index contributed by atoms with van der Waals surface area (Å²) < 4.78 is 43.5. The van der Waals surface area contributed by atoms with Gasteiger partial charge < -0.3 is 9.73 Å². The molecule has 1 aromatic heterocycles. The minimum Gasteiger partial charge on any atom is -0.441 e. The fraction of sp³-hybridized carbons (Fsp3) is 0.533. The van der Waals surface area contributed by atoms with E-state index in [1.54, 1.807) is 0 Å². The Bertz CT molecular complexity index is 615. The molecule has 1 aromatic carbocycles. The zero-order valence-electron chi connectivity index (χ0n) is 11.5. The van der Waals surface area contributed by atoms with Gasteiger partial charge in [0.05, 0.1) is 5.56 Å². The molecule has 2 aromatic rings. The van der Waals surface area contributed by atoms with Crippen LogP contribution in [0.5, 0.6) is 0 Å². The van der Waals surface area contributed by atoms with Gasteiger partial charge in [-0.15, -0.1) is 0 Å². The number of halogens is 3. The normalized spacial score (nSPS) is 17.5. The summed E-state index contributed by atoms with van der Waals surface area (Å²) in [5.74, 6) is 1.18. The van der Waals surface area contributed by atoms with Gasteiger partial charge in [-0.1, -0.05) is 0 Å². The van der Waals surface area contributed by atoms with E-state index in [0.717, 1.165) is 44.5 Å². The molecule has 0 unspecified atom stereocenters. The molecule has 0 atom stereocenters. The molecule has 0 bridgehead atoms. The molecule has 0 radical (unpaired) electrons. The molecule has 21 heavy (non-hydrogen) atoms. The van der Waals surface area contributed by atoms with Gasteiger partial charge in [0.1, 0.15) is 5.52 Å². The summed E-state index contributed by atoms with van der Waals surface area (Å²) in [5.41, 5.74) is 0.0154. The smallest absolute Gasteiger partial charge is 0.416 e. The van der Waals surface area contributed by atoms with Crippen LogP contribution in [-0.4, -0.2) is 18.1 Å². The fourth-order valence-electron chi connectivity index (χ4n) is 2.76. The van der Waals surface area contributed by atoms with E-state index in [-0.39, 0.29) is 5.52 Å². The number of oxazole rings is 1. The first-order valence-electron chi connectivity index (χ1n) is 7.20. The molecule has 1 aliphatic heterocycles. The van der Waals surface area contributed by atoms with Crippen molar-refractivity contribution in [3.8, 4) is 0 Å². The minimum atomic E-state index is -4.34. The SMILES string of the molecule is FC(F)(F)c1ccc2oc(CCC3CCNCC3)nc2c1. The topological polar surface area (TPSA) is 38.1 Å². The van der Waals surface area contributed by atoms with Crippen molar-refractivity contribution in [3.05, 3.63) is 29.7 Å². The molecule has 2 heterocycles.